The van der Waals surface area contributed by atoms with E-state index >= 15 is 0 Å². The molecule has 3 rings (SSSR count). The average Bonchev–Trinajstić information content (AvgIpc) is 2.93. The summed E-state index contributed by atoms with van der Waals surface area (Å²) in [4.78, 5) is 10.9. The van der Waals surface area contributed by atoms with Crippen molar-refractivity contribution in [3.63, 3.8) is 0 Å². The molecule has 6 heteroatoms. The Hall–Kier alpha value is -1.57. The molecule has 1 aromatic heterocycles. The lowest BCUT2D eigenvalue weighted by atomic mass is 10.1. The second-order valence-corrected chi connectivity index (χ2v) is 6.13. The van der Waals surface area contributed by atoms with E-state index in [-0.39, 0.29) is 24.0 Å². The lowest BCUT2D eigenvalue weighted by Crippen LogP contribution is -2.38. The monoisotopic (exact) mass is 439 g/mol. The molecule has 130 valence electrons. The smallest absolute Gasteiger partial charge is 0.191 e. The number of benzene rings is 1. The summed E-state index contributed by atoms with van der Waals surface area (Å²) < 4.78 is 2.06. The minimum atomic E-state index is 0. The highest BCUT2D eigenvalue weighted by atomic mass is 127. The fourth-order valence-electron chi connectivity index (χ4n) is 2.91. The van der Waals surface area contributed by atoms with Gasteiger partial charge < -0.3 is 15.2 Å². The minimum absolute atomic E-state index is 0. The van der Waals surface area contributed by atoms with Crippen molar-refractivity contribution < 1.29 is 0 Å². The molecule has 0 aliphatic carbocycles. The van der Waals surface area contributed by atoms with Gasteiger partial charge in [0.15, 0.2) is 5.96 Å². The zero-order chi connectivity index (χ0) is 15.9. The molecule has 0 spiro atoms. The molecular formula is C18H26IN5. The normalized spacial score (nSPS) is 15.7. The number of aliphatic imine (C=N–C) groups is 1. The Morgan fingerprint density at radius 3 is 2.33 bits per heavy atom. The number of nitrogens with two attached hydrogens (primary N) is 1. The average molecular weight is 439 g/mol. The van der Waals surface area contributed by atoms with Gasteiger partial charge in [-0.2, -0.15) is 0 Å². The van der Waals surface area contributed by atoms with Crippen LogP contribution in [0.2, 0.25) is 0 Å². The SMILES string of the molecule is I.NC(=NCc1ccc(Cn2ccnc2)cc1)N1CCCCCC1. The maximum atomic E-state index is 6.15. The molecule has 2 heterocycles. The lowest BCUT2D eigenvalue weighted by molar-refractivity contribution is 0.428. The second-order valence-electron chi connectivity index (χ2n) is 6.13. The fraction of sp³-hybridized carbons (Fsp3) is 0.444. The van der Waals surface area contributed by atoms with Gasteiger partial charge in [-0.15, -0.1) is 24.0 Å². The molecule has 1 saturated heterocycles. The van der Waals surface area contributed by atoms with Crippen LogP contribution in [0.3, 0.4) is 0 Å². The van der Waals surface area contributed by atoms with Crippen molar-refractivity contribution in [1.82, 2.24) is 14.5 Å². The van der Waals surface area contributed by atoms with E-state index < -0.39 is 0 Å². The molecule has 2 aromatic rings. The molecule has 2 N–H and O–H groups in total. The molecule has 1 aromatic carbocycles. The highest BCUT2D eigenvalue weighted by molar-refractivity contribution is 14.0. The maximum Gasteiger partial charge on any atom is 0.191 e. The zero-order valence-electron chi connectivity index (χ0n) is 14.0. The van der Waals surface area contributed by atoms with E-state index in [1.807, 2.05) is 12.5 Å². The highest BCUT2D eigenvalue weighted by Crippen LogP contribution is 2.11. The summed E-state index contributed by atoms with van der Waals surface area (Å²) in [5.41, 5.74) is 8.60. The molecule has 0 amide bonds. The van der Waals surface area contributed by atoms with Gasteiger partial charge in [-0.3, -0.25) is 0 Å². The largest absolute Gasteiger partial charge is 0.370 e. The summed E-state index contributed by atoms with van der Waals surface area (Å²) >= 11 is 0. The number of aromatic nitrogens is 2. The standard InChI is InChI=1S/C18H25N5.HI/c19-18(23-10-3-1-2-4-11-23)21-13-16-5-7-17(8-6-16)14-22-12-9-20-15-22;/h5-9,12,15H,1-4,10-11,13-14H2,(H2,19,21);1H. The van der Waals surface area contributed by atoms with Crippen LogP contribution >= 0.6 is 24.0 Å². The first-order valence-corrected chi connectivity index (χ1v) is 8.40. The number of rotatable bonds is 4. The molecule has 0 atom stereocenters. The molecule has 5 nitrogen and oxygen atoms in total. The van der Waals surface area contributed by atoms with E-state index in [9.17, 15) is 0 Å². The van der Waals surface area contributed by atoms with Crippen LogP contribution in [0.1, 0.15) is 36.8 Å². The van der Waals surface area contributed by atoms with Crippen LogP contribution in [-0.2, 0) is 13.1 Å². The summed E-state index contributed by atoms with van der Waals surface area (Å²) in [6.45, 7) is 3.57. The number of likely N-dealkylation sites (tertiary alicyclic amines) is 1. The summed E-state index contributed by atoms with van der Waals surface area (Å²) in [5.74, 6) is 0.689. The fourth-order valence-corrected chi connectivity index (χ4v) is 2.91. The van der Waals surface area contributed by atoms with Gasteiger partial charge in [0.1, 0.15) is 0 Å². The first-order valence-electron chi connectivity index (χ1n) is 8.40. The van der Waals surface area contributed by atoms with Crippen LogP contribution < -0.4 is 5.73 Å². The van der Waals surface area contributed by atoms with E-state index in [4.69, 9.17) is 5.73 Å². The summed E-state index contributed by atoms with van der Waals surface area (Å²) in [6, 6.07) is 8.55. The van der Waals surface area contributed by atoms with Crippen molar-refractivity contribution in [2.24, 2.45) is 10.7 Å². The van der Waals surface area contributed by atoms with Crippen LogP contribution in [0, 0.1) is 0 Å². The number of hydrogen-bond acceptors (Lipinski definition) is 2. The molecule has 24 heavy (non-hydrogen) atoms. The second kappa shape index (κ2) is 9.66. The van der Waals surface area contributed by atoms with E-state index in [0.717, 1.165) is 19.6 Å². The molecule has 0 bridgehead atoms. The van der Waals surface area contributed by atoms with E-state index in [2.05, 4.69) is 43.7 Å². The van der Waals surface area contributed by atoms with E-state index in [1.54, 1.807) is 6.20 Å². The molecule has 0 unspecified atom stereocenters. The van der Waals surface area contributed by atoms with Crippen molar-refractivity contribution in [2.75, 3.05) is 13.1 Å². The molecule has 1 aliphatic heterocycles. The van der Waals surface area contributed by atoms with Gasteiger partial charge in [0.25, 0.3) is 0 Å². The van der Waals surface area contributed by atoms with Crippen LogP contribution in [0.25, 0.3) is 0 Å². The number of hydrogen-bond donors (Lipinski definition) is 1. The Labute approximate surface area is 161 Å². The maximum absolute atomic E-state index is 6.15. The zero-order valence-corrected chi connectivity index (χ0v) is 16.3. The van der Waals surface area contributed by atoms with Crippen molar-refractivity contribution >= 4 is 29.9 Å². The molecule has 0 saturated carbocycles. The van der Waals surface area contributed by atoms with Gasteiger partial charge in [0, 0.05) is 32.0 Å². The van der Waals surface area contributed by atoms with Gasteiger partial charge in [-0.05, 0) is 24.0 Å². The van der Waals surface area contributed by atoms with E-state index in [0.29, 0.717) is 12.5 Å². The Bertz CT molecular complexity index is 613. The van der Waals surface area contributed by atoms with Gasteiger partial charge in [0.05, 0.1) is 12.9 Å². The third-order valence-corrected chi connectivity index (χ3v) is 4.30. The first kappa shape index (κ1) is 18.8. The van der Waals surface area contributed by atoms with Crippen LogP contribution in [0.15, 0.2) is 48.0 Å². The van der Waals surface area contributed by atoms with E-state index in [1.165, 1.54) is 36.8 Å². The predicted molar refractivity (Wildman–Crippen MR) is 109 cm³/mol. The van der Waals surface area contributed by atoms with Crippen LogP contribution in [0.4, 0.5) is 0 Å². The molecule has 1 aliphatic rings. The first-order chi connectivity index (χ1) is 11.3. The minimum Gasteiger partial charge on any atom is -0.370 e. The van der Waals surface area contributed by atoms with Gasteiger partial charge in [-0.1, -0.05) is 37.1 Å². The topological polar surface area (TPSA) is 59.4 Å². The number of guanidine groups is 1. The Morgan fingerprint density at radius 1 is 1.04 bits per heavy atom. The summed E-state index contributed by atoms with van der Waals surface area (Å²) in [7, 11) is 0. The van der Waals surface area contributed by atoms with Crippen molar-refractivity contribution in [3.05, 3.63) is 54.1 Å². The third-order valence-electron chi connectivity index (χ3n) is 4.30. The van der Waals surface area contributed by atoms with Gasteiger partial charge >= 0.3 is 0 Å². The van der Waals surface area contributed by atoms with Gasteiger partial charge in [-0.25, -0.2) is 9.98 Å². The third kappa shape index (κ3) is 5.51. The number of halogens is 1. The number of nitrogens with zero attached hydrogens (tertiary/aromatic N) is 4. The predicted octanol–water partition coefficient (Wildman–Crippen LogP) is 3.24. The summed E-state index contributed by atoms with van der Waals surface area (Å²) in [5, 5.41) is 0. The van der Waals surface area contributed by atoms with Crippen molar-refractivity contribution in [2.45, 2.75) is 38.8 Å². The molecular weight excluding hydrogens is 413 g/mol. The summed E-state index contributed by atoms with van der Waals surface area (Å²) in [6.07, 6.45) is 10.7. The lowest BCUT2D eigenvalue weighted by Gasteiger charge is -2.21. The Kier molecular flexibility index (Phi) is 7.55. The van der Waals surface area contributed by atoms with Crippen LogP contribution in [-0.4, -0.2) is 33.5 Å². The Balaban J connectivity index is 0.00000208. The number of imidazole rings is 1. The highest BCUT2D eigenvalue weighted by Gasteiger charge is 2.10. The molecule has 0 radical (unpaired) electrons. The van der Waals surface area contributed by atoms with Crippen molar-refractivity contribution in [3.8, 4) is 0 Å². The molecule has 1 fully saturated rings. The van der Waals surface area contributed by atoms with Crippen LogP contribution in [0.5, 0.6) is 0 Å². The quantitative estimate of drug-likeness (QED) is 0.452. The van der Waals surface area contributed by atoms with Gasteiger partial charge in [0.2, 0.25) is 0 Å². The van der Waals surface area contributed by atoms with Crippen molar-refractivity contribution in [1.29, 1.82) is 0 Å². The Morgan fingerprint density at radius 2 is 1.71 bits per heavy atom.